The largest absolute Gasteiger partial charge is 0.431 e. The molecular formula is C16H16F3N3O3S2. The quantitative estimate of drug-likeness (QED) is 0.591. The lowest BCUT2D eigenvalue weighted by molar-refractivity contribution is -0.140. The normalized spacial score (nSPS) is 13.4. The number of aliphatic hydroxyl groups excluding tert-OH is 1. The Morgan fingerprint density at radius 1 is 1.26 bits per heavy atom. The number of halogens is 3. The molecule has 0 aliphatic heterocycles. The highest BCUT2D eigenvalue weighted by molar-refractivity contribution is 7.91. The number of thiophene rings is 1. The van der Waals surface area contributed by atoms with Gasteiger partial charge in [0.05, 0.1) is 12.1 Å². The van der Waals surface area contributed by atoms with Gasteiger partial charge in [-0.25, -0.2) is 18.1 Å². The Hall–Kier alpha value is -1.95. The Labute approximate surface area is 157 Å². The molecule has 0 radical (unpaired) electrons. The number of hydrogen-bond donors (Lipinski definition) is 3. The summed E-state index contributed by atoms with van der Waals surface area (Å²) in [6.07, 6.45) is -3.18. The van der Waals surface area contributed by atoms with Crippen LogP contribution in [0.4, 0.5) is 13.2 Å². The fraction of sp³-hybridized carbons (Fsp3) is 0.312. The van der Waals surface area contributed by atoms with Crippen molar-refractivity contribution in [2.75, 3.05) is 6.61 Å². The molecule has 0 aliphatic rings. The van der Waals surface area contributed by atoms with E-state index in [1.165, 1.54) is 38.2 Å². The third-order valence-corrected chi connectivity index (χ3v) is 7.06. The fourth-order valence-corrected chi connectivity index (χ4v) is 5.20. The lowest BCUT2D eigenvalue weighted by Crippen LogP contribution is -2.45. The van der Waals surface area contributed by atoms with E-state index in [1.807, 2.05) is 0 Å². The van der Waals surface area contributed by atoms with Crippen molar-refractivity contribution < 1.29 is 26.7 Å². The summed E-state index contributed by atoms with van der Waals surface area (Å²) >= 11 is 0.921. The first-order valence-corrected chi connectivity index (χ1v) is 10.0. The van der Waals surface area contributed by atoms with Gasteiger partial charge in [0.25, 0.3) is 10.0 Å². The summed E-state index contributed by atoms with van der Waals surface area (Å²) in [4.78, 5) is 6.62. The average Bonchev–Trinajstić information content (AvgIpc) is 3.20. The van der Waals surface area contributed by atoms with Gasteiger partial charge >= 0.3 is 6.18 Å². The van der Waals surface area contributed by atoms with Gasteiger partial charge in [0.1, 0.15) is 15.6 Å². The SMILES string of the molecule is CC(C)(CO)NS(=O)(=O)c1ccc(-c2ccnc3[nH]c(C(F)(F)F)cc23)s1. The van der Waals surface area contributed by atoms with Crippen LogP contribution in [0, 0.1) is 0 Å². The zero-order valence-corrected chi connectivity index (χ0v) is 15.9. The molecular weight excluding hydrogens is 403 g/mol. The third-order valence-electron chi connectivity index (χ3n) is 3.75. The van der Waals surface area contributed by atoms with Crippen molar-refractivity contribution in [3.05, 3.63) is 36.2 Å². The second kappa shape index (κ2) is 6.59. The number of hydrogen-bond acceptors (Lipinski definition) is 5. The lowest BCUT2D eigenvalue weighted by atomic mass is 10.1. The van der Waals surface area contributed by atoms with Gasteiger partial charge in [-0.2, -0.15) is 13.2 Å². The van der Waals surface area contributed by atoms with Crippen LogP contribution in [0.2, 0.25) is 0 Å². The molecule has 0 unspecified atom stereocenters. The average molecular weight is 419 g/mol. The monoisotopic (exact) mass is 419 g/mol. The van der Waals surface area contributed by atoms with Gasteiger partial charge in [-0.1, -0.05) is 0 Å². The van der Waals surface area contributed by atoms with Gasteiger partial charge in [-0.3, -0.25) is 0 Å². The second-order valence-corrected chi connectivity index (χ2v) is 9.56. The number of sulfonamides is 1. The summed E-state index contributed by atoms with van der Waals surface area (Å²) in [6, 6.07) is 5.39. The maximum absolute atomic E-state index is 12.9. The van der Waals surface area contributed by atoms with Gasteiger partial charge in [-0.05, 0) is 38.1 Å². The lowest BCUT2D eigenvalue weighted by Gasteiger charge is -2.22. The number of aromatic amines is 1. The highest BCUT2D eigenvalue weighted by atomic mass is 32.2. The van der Waals surface area contributed by atoms with Gasteiger partial charge in [-0.15, -0.1) is 11.3 Å². The van der Waals surface area contributed by atoms with Crippen LogP contribution in [-0.4, -0.2) is 35.6 Å². The molecule has 0 amide bonds. The van der Waals surface area contributed by atoms with Crippen molar-refractivity contribution >= 4 is 32.4 Å². The van der Waals surface area contributed by atoms with E-state index in [4.69, 9.17) is 0 Å². The summed E-state index contributed by atoms with van der Waals surface area (Å²) in [7, 11) is -3.88. The van der Waals surface area contributed by atoms with Crippen LogP contribution in [0.5, 0.6) is 0 Å². The number of nitrogens with zero attached hydrogens (tertiary/aromatic N) is 1. The maximum atomic E-state index is 12.9. The molecule has 11 heteroatoms. The van der Waals surface area contributed by atoms with E-state index in [0.717, 1.165) is 17.4 Å². The molecule has 27 heavy (non-hydrogen) atoms. The molecule has 0 aromatic carbocycles. The van der Waals surface area contributed by atoms with Gasteiger partial charge < -0.3 is 10.1 Å². The minimum atomic E-state index is -4.54. The van der Waals surface area contributed by atoms with Crippen LogP contribution in [0.25, 0.3) is 21.5 Å². The molecule has 0 saturated carbocycles. The first-order valence-electron chi connectivity index (χ1n) is 7.73. The van der Waals surface area contributed by atoms with Crippen molar-refractivity contribution in [2.24, 2.45) is 0 Å². The standard InChI is InChI=1S/C16H16F3N3O3S2/c1-15(2,8-23)22-27(24,25)13-4-3-11(26-13)9-5-6-20-14-10(9)7-12(21-14)16(17,18)19/h3-7,22-23H,8H2,1-2H3,(H,20,21). The first kappa shape index (κ1) is 19.8. The molecule has 0 spiro atoms. The van der Waals surface area contributed by atoms with Crippen LogP contribution in [0.3, 0.4) is 0 Å². The molecule has 3 rings (SSSR count). The Morgan fingerprint density at radius 2 is 1.96 bits per heavy atom. The van der Waals surface area contributed by atoms with Gasteiger partial charge in [0.2, 0.25) is 0 Å². The zero-order valence-electron chi connectivity index (χ0n) is 14.3. The van der Waals surface area contributed by atoms with Crippen molar-refractivity contribution in [3.8, 4) is 10.4 Å². The molecule has 0 bridgehead atoms. The second-order valence-electron chi connectivity index (χ2n) is 6.57. The summed E-state index contributed by atoms with van der Waals surface area (Å²) in [6.45, 7) is 2.67. The Morgan fingerprint density at radius 3 is 2.59 bits per heavy atom. The van der Waals surface area contributed by atoms with Crippen molar-refractivity contribution in [1.82, 2.24) is 14.7 Å². The van der Waals surface area contributed by atoms with E-state index >= 15 is 0 Å². The number of pyridine rings is 1. The van der Waals surface area contributed by atoms with E-state index in [0.29, 0.717) is 10.4 Å². The van der Waals surface area contributed by atoms with E-state index in [2.05, 4.69) is 14.7 Å². The molecule has 146 valence electrons. The van der Waals surface area contributed by atoms with Gasteiger partial charge in [0.15, 0.2) is 0 Å². The van der Waals surface area contributed by atoms with Crippen molar-refractivity contribution in [1.29, 1.82) is 0 Å². The Kier molecular flexibility index (Phi) is 4.83. The number of alkyl halides is 3. The van der Waals surface area contributed by atoms with Crippen LogP contribution in [-0.2, 0) is 16.2 Å². The smallest absolute Gasteiger partial charge is 0.394 e. The molecule has 3 aromatic rings. The molecule has 0 saturated heterocycles. The molecule has 0 atom stereocenters. The van der Waals surface area contributed by atoms with Crippen molar-refractivity contribution in [2.45, 2.75) is 29.8 Å². The van der Waals surface area contributed by atoms with Crippen LogP contribution < -0.4 is 4.72 Å². The number of H-pyrrole nitrogens is 1. The van der Waals surface area contributed by atoms with Crippen molar-refractivity contribution in [3.63, 3.8) is 0 Å². The van der Waals surface area contributed by atoms with Crippen LogP contribution >= 0.6 is 11.3 Å². The summed E-state index contributed by atoms with van der Waals surface area (Å²) in [5.41, 5.74) is -1.46. The molecule has 3 heterocycles. The fourth-order valence-electron chi connectivity index (χ4n) is 2.45. The maximum Gasteiger partial charge on any atom is 0.431 e. The molecule has 3 aromatic heterocycles. The predicted molar refractivity (Wildman–Crippen MR) is 95.9 cm³/mol. The van der Waals surface area contributed by atoms with E-state index in [9.17, 15) is 26.7 Å². The zero-order chi connectivity index (χ0) is 20.0. The Bertz CT molecular complexity index is 1090. The number of fused-ring (bicyclic) bond motifs is 1. The minimum Gasteiger partial charge on any atom is -0.394 e. The Balaban J connectivity index is 2.03. The van der Waals surface area contributed by atoms with Gasteiger partial charge in [0, 0.05) is 22.0 Å². The number of aromatic nitrogens is 2. The van der Waals surface area contributed by atoms with E-state index in [-0.39, 0.29) is 21.8 Å². The van der Waals surface area contributed by atoms with E-state index < -0.39 is 27.4 Å². The summed E-state index contributed by atoms with van der Waals surface area (Å²) < 4.78 is 66.2. The van der Waals surface area contributed by atoms with Crippen LogP contribution in [0.1, 0.15) is 19.5 Å². The van der Waals surface area contributed by atoms with Crippen LogP contribution in [0.15, 0.2) is 34.7 Å². The molecule has 3 N–H and O–H groups in total. The van der Waals surface area contributed by atoms with E-state index in [1.54, 1.807) is 0 Å². The highest BCUT2D eigenvalue weighted by Crippen LogP contribution is 2.37. The highest BCUT2D eigenvalue weighted by Gasteiger charge is 2.33. The third kappa shape index (κ3) is 4.00. The molecule has 0 aliphatic carbocycles. The number of aliphatic hydroxyl groups is 1. The topological polar surface area (TPSA) is 95.1 Å². The minimum absolute atomic E-state index is 0.00410. The summed E-state index contributed by atoms with van der Waals surface area (Å²) in [5.74, 6) is 0. The predicted octanol–water partition coefficient (Wildman–Crippen LogP) is 3.36. The summed E-state index contributed by atoms with van der Waals surface area (Å²) in [5, 5.41) is 9.50. The number of rotatable bonds is 5. The number of nitrogens with one attached hydrogen (secondary N) is 2. The molecule has 6 nitrogen and oxygen atoms in total. The molecule has 0 fully saturated rings. The first-order chi connectivity index (χ1) is 12.4.